The van der Waals surface area contributed by atoms with E-state index in [-0.39, 0.29) is 0 Å². The van der Waals surface area contributed by atoms with Gasteiger partial charge in [0.25, 0.3) is 0 Å². The maximum Gasteiger partial charge on any atom is 0.140 e. The molecule has 3 heterocycles. The molecule has 1 saturated heterocycles. The van der Waals surface area contributed by atoms with Gasteiger partial charge in [0.1, 0.15) is 17.8 Å². The molecule has 1 fully saturated rings. The van der Waals surface area contributed by atoms with Gasteiger partial charge in [-0.15, -0.1) is 0 Å². The molecule has 2 aromatic heterocycles. The van der Waals surface area contributed by atoms with Crippen LogP contribution in [0.4, 0.5) is 5.69 Å². The van der Waals surface area contributed by atoms with E-state index in [9.17, 15) is 0 Å². The molecule has 0 bridgehead atoms. The Bertz CT molecular complexity index is 913. The highest BCUT2D eigenvalue weighted by Gasteiger charge is 2.23. The number of rotatable bonds is 3. The molecule has 3 aromatic rings. The molecule has 0 N–H and O–H groups in total. The standard InChI is InChI=1S/C20H23N5O/c1-2-4-20-17(3-1)19(23-26-20)13-24-7-9-25(10-8-24)16-5-6-18-15(11-16)12-21-14-22-18/h5-6,11-12,14H,1-4,7-10,13H2. The topological polar surface area (TPSA) is 58.3 Å². The van der Waals surface area contributed by atoms with Crippen molar-refractivity contribution in [1.29, 1.82) is 0 Å². The van der Waals surface area contributed by atoms with Gasteiger partial charge < -0.3 is 9.42 Å². The molecule has 134 valence electrons. The molecule has 0 saturated carbocycles. The normalized spacial score (nSPS) is 18.2. The summed E-state index contributed by atoms with van der Waals surface area (Å²) in [4.78, 5) is 13.4. The van der Waals surface area contributed by atoms with Crippen LogP contribution in [-0.4, -0.2) is 46.2 Å². The Hall–Kier alpha value is -2.47. The van der Waals surface area contributed by atoms with Crippen molar-refractivity contribution in [2.75, 3.05) is 31.1 Å². The molecule has 6 nitrogen and oxygen atoms in total. The molecule has 1 aromatic carbocycles. The van der Waals surface area contributed by atoms with Crippen molar-refractivity contribution < 1.29 is 4.52 Å². The summed E-state index contributed by atoms with van der Waals surface area (Å²) in [5, 5.41) is 5.46. The van der Waals surface area contributed by atoms with Gasteiger partial charge >= 0.3 is 0 Å². The summed E-state index contributed by atoms with van der Waals surface area (Å²) in [5.41, 5.74) is 4.80. The number of aryl methyl sites for hydroxylation is 1. The van der Waals surface area contributed by atoms with E-state index in [1.807, 2.05) is 6.20 Å². The first-order valence-electron chi connectivity index (χ1n) is 9.50. The number of piperazine rings is 1. The highest BCUT2D eigenvalue weighted by atomic mass is 16.5. The predicted molar refractivity (Wildman–Crippen MR) is 100 cm³/mol. The molecular formula is C20H23N5O. The van der Waals surface area contributed by atoms with E-state index in [1.54, 1.807) is 6.33 Å². The van der Waals surface area contributed by atoms with Gasteiger partial charge in [-0.3, -0.25) is 4.90 Å². The van der Waals surface area contributed by atoms with Crippen LogP contribution in [0.2, 0.25) is 0 Å². The molecular weight excluding hydrogens is 326 g/mol. The molecule has 0 unspecified atom stereocenters. The smallest absolute Gasteiger partial charge is 0.140 e. The molecule has 0 spiro atoms. The zero-order chi connectivity index (χ0) is 17.3. The third-order valence-corrected chi connectivity index (χ3v) is 5.63. The zero-order valence-corrected chi connectivity index (χ0v) is 14.9. The van der Waals surface area contributed by atoms with Crippen molar-refractivity contribution in [3.05, 3.63) is 47.7 Å². The van der Waals surface area contributed by atoms with Gasteiger partial charge in [-0.25, -0.2) is 9.97 Å². The molecule has 26 heavy (non-hydrogen) atoms. The average Bonchev–Trinajstić information content (AvgIpc) is 3.11. The molecule has 0 amide bonds. The van der Waals surface area contributed by atoms with Gasteiger partial charge in [-0.1, -0.05) is 5.16 Å². The fourth-order valence-electron chi connectivity index (χ4n) is 4.12. The van der Waals surface area contributed by atoms with Crippen LogP contribution in [0.25, 0.3) is 10.9 Å². The van der Waals surface area contributed by atoms with E-state index >= 15 is 0 Å². The molecule has 0 radical (unpaired) electrons. The van der Waals surface area contributed by atoms with E-state index in [1.165, 1.54) is 24.1 Å². The summed E-state index contributed by atoms with van der Waals surface area (Å²) >= 11 is 0. The van der Waals surface area contributed by atoms with Gasteiger partial charge in [0.05, 0.1) is 5.52 Å². The summed E-state index contributed by atoms with van der Waals surface area (Å²) in [7, 11) is 0. The van der Waals surface area contributed by atoms with Crippen molar-refractivity contribution in [3.8, 4) is 0 Å². The van der Waals surface area contributed by atoms with Crippen molar-refractivity contribution in [3.63, 3.8) is 0 Å². The monoisotopic (exact) mass is 349 g/mol. The Kier molecular flexibility index (Phi) is 4.05. The number of hydrogen-bond donors (Lipinski definition) is 0. The lowest BCUT2D eigenvalue weighted by Crippen LogP contribution is -2.46. The fraction of sp³-hybridized carbons (Fsp3) is 0.450. The summed E-state index contributed by atoms with van der Waals surface area (Å²) < 4.78 is 5.56. The highest BCUT2D eigenvalue weighted by Crippen LogP contribution is 2.26. The molecule has 1 aliphatic carbocycles. The fourth-order valence-corrected chi connectivity index (χ4v) is 4.12. The Morgan fingerprint density at radius 3 is 2.85 bits per heavy atom. The molecule has 6 heteroatoms. The van der Waals surface area contributed by atoms with Crippen molar-refractivity contribution in [2.45, 2.75) is 32.2 Å². The van der Waals surface area contributed by atoms with Crippen molar-refractivity contribution in [2.24, 2.45) is 0 Å². The average molecular weight is 349 g/mol. The van der Waals surface area contributed by atoms with E-state index in [0.29, 0.717) is 0 Å². The zero-order valence-electron chi connectivity index (χ0n) is 14.9. The highest BCUT2D eigenvalue weighted by molar-refractivity contribution is 5.81. The van der Waals surface area contributed by atoms with Crippen molar-refractivity contribution in [1.82, 2.24) is 20.0 Å². The van der Waals surface area contributed by atoms with Crippen LogP contribution < -0.4 is 4.90 Å². The van der Waals surface area contributed by atoms with Crippen LogP contribution in [0.3, 0.4) is 0 Å². The van der Waals surface area contributed by atoms with Gasteiger partial charge in [0, 0.05) is 62.0 Å². The summed E-state index contributed by atoms with van der Waals surface area (Å²) in [6.07, 6.45) is 8.17. The third kappa shape index (κ3) is 2.94. The second kappa shape index (κ2) is 6.68. The Morgan fingerprint density at radius 1 is 1.04 bits per heavy atom. The first-order chi connectivity index (χ1) is 12.9. The lowest BCUT2D eigenvalue weighted by Gasteiger charge is -2.36. The minimum absolute atomic E-state index is 0.915. The van der Waals surface area contributed by atoms with Crippen LogP contribution >= 0.6 is 0 Å². The quantitative estimate of drug-likeness (QED) is 0.725. The number of hydrogen-bond acceptors (Lipinski definition) is 6. The summed E-state index contributed by atoms with van der Waals surface area (Å²) in [6.45, 7) is 5.06. The number of aromatic nitrogens is 3. The number of nitrogens with zero attached hydrogens (tertiary/aromatic N) is 5. The number of benzene rings is 1. The Labute approximate surface area is 152 Å². The molecule has 0 atom stereocenters. The first-order valence-corrected chi connectivity index (χ1v) is 9.50. The van der Waals surface area contributed by atoms with Crippen LogP contribution in [0.15, 0.2) is 35.2 Å². The summed E-state index contributed by atoms with van der Waals surface area (Å²) in [6, 6.07) is 6.44. The van der Waals surface area contributed by atoms with Crippen molar-refractivity contribution >= 4 is 16.6 Å². The van der Waals surface area contributed by atoms with Gasteiger partial charge in [-0.05, 0) is 37.5 Å². The second-order valence-electron chi connectivity index (χ2n) is 7.27. The largest absolute Gasteiger partial charge is 0.369 e. The van der Waals surface area contributed by atoms with E-state index in [0.717, 1.165) is 67.9 Å². The van der Waals surface area contributed by atoms with Crippen LogP contribution in [0, 0.1) is 0 Å². The lowest BCUT2D eigenvalue weighted by molar-refractivity contribution is 0.241. The maximum absolute atomic E-state index is 5.56. The summed E-state index contributed by atoms with van der Waals surface area (Å²) in [5.74, 6) is 1.13. The van der Waals surface area contributed by atoms with Crippen LogP contribution in [0.1, 0.15) is 29.9 Å². The Balaban J connectivity index is 1.25. The van der Waals surface area contributed by atoms with Crippen LogP contribution in [-0.2, 0) is 19.4 Å². The minimum atomic E-state index is 0.915. The molecule has 1 aliphatic heterocycles. The minimum Gasteiger partial charge on any atom is -0.369 e. The second-order valence-corrected chi connectivity index (χ2v) is 7.27. The molecule has 2 aliphatic rings. The van der Waals surface area contributed by atoms with Crippen LogP contribution in [0.5, 0.6) is 0 Å². The van der Waals surface area contributed by atoms with Gasteiger partial charge in [-0.2, -0.15) is 0 Å². The van der Waals surface area contributed by atoms with E-state index in [4.69, 9.17) is 4.52 Å². The van der Waals surface area contributed by atoms with Gasteiger partial charge in [0.2, 0.25) is 0 Å². The lowest BCUT2D eigenvalue weighted by atomic mass is 9.96. The van der Waals surface area contributed by atoms with E-state index < -0.39 is 0 Å². The Morgan fingerprint density at radius 2 is 1.92 bits per heavy atom. The third-order valence-electron chi connectivity index (χ3n) is 5.63. The number of fused-ring (bicyclic) bond motifs is 2. The SMILES string of the molecule is c1ncc2cc(N3CCN(Cc4noc5c4CCCC5)CC3)ccc2n1. The number of anilines is 1. The van der Waals surface area contributed by atoms with E-state index in [2.05, 4.69) is 43.1 Å². The predicted octanol–water partition coefficient (Wildman–Crippen LogP) is 2.82. The molecule has 5 rings (SSSR count). The van der Waals surface area contributed by atoms with Gasteiger partial charge in [0.15, 0.2) is 0 Å². The first kappa shape index (κ1) is 15.8. The maximum atomic E-state index is 5.56.